The fraction of sp³-hybridized carbons (Fsp3) is 0.125. The standard InChI is InChI=1S/C16H13ClN2O4S2/c17-10(6-9-4-2-1-3-5-9)7-12-14(21)19(16(24)25-12)11(15(22)23)8-13(18)20/h1-7,11H,8H2,(H2,18,20)(H,22,23)/b10-6-,12-7-. The molecule has 1 aliphatic heterocycles. The van der Waals surface area contributed by atoms with Gasteiger partial charge in [0.2, 0.25) is 5.91 Å². The van der Waals surface area contributed by atoms with E-state index in [0.717, 1.165) is 22.2 Å². The van der Waals surface area contributed by atoms with Gasteiger partial charge in [-0.05, 0) is 17.7 Å². The number of nitrogens with zero attached hydrogens (tertiary/aromatic N) is 1. The molecule has 9 heteroatoms. The summed E-state index contributed by atoms with van der Waals surface area (Å²) in [4.78, 5) is 36.0. The van der Waals surface area contributed by atoms with Crippen LogP contribution in [0.2, 0.25) is 0 Å². The van der Waals surface area contributed by atoms with Crippen LogP contribution in [0.25, 0.3) is 6.08 Å². The maximum Gasteiger partial charge on any atom is 0.327 e. The van der Waals surface area contributed by atoms with Crippen LogP contribution < -0.4 is 5.73 Å². The molecule has 1 aromatic rings. The van der Waals surface area contributed by atoms with Gasteiger partial charge >= 0.3 is 5.97 Å². The third kappa shape index (κ3) is 4.91. The number of hydrogen-bond acceptors (Lipinski definition) is 5. The second kappa shape index (κ2) is 8.28. The highest BCUT2D eigenvalue weighted by Gasteiger charge is 2.41. The first-order valence-corrected chi connectivity index (χ1v) is 8.60. The van der Waals surface area contributed by atoms with Gasteiger partial charge in [0.25, 0.3) is 5.91 Å². The number of allylic oxidation sites excluding steroid dienone is 2. The number of amides is 2. The Morgan fingerprint density at radius 3 is 2.56 bits per heavy atom. The van der Waals surface area contributed by atoms with E-state index in [0.29, 0.717) is 0 Å². The summed E-state index contributed by atoms with van der Waals surface area (Å²) in [7, 11) is 0. The van der Waals surface area contributed by atoms with E-state index in [2.05, 4.69) is 0 Å². The Bertz CT molecular complexity index is 793. The first-order valence-electron chi connectivity index (χ1n) is 7.00. The average Bonchev–Trinajstić information content (AvgIpc) is 2.79. The molecule has 25 heavy (non-hydrogen) atoms. The number of aliphatic carboxylic acids is 1. The van der Waals surface area contributed by atoms with Crippen molar-refractivity contribution >= 4 is 63.8 Å². The number of carbonyl (C=O) groups is 3. The average molecular weight is 397 g/mol. The van der Waals surface area contributed by atoms with E-state index in [1.807, 2.05) is 30.3 Å². The number of rotatable bonds is 6. The Balaban J connectivity index is 2.26. The number of carbonyl (C=O) groups excluding carboxylic acids is 2. The molecule has 6 nitrogen and oxygen atoms in total. The normalized spacial score (nSPS) is 17.9. The minimum Gasteiger partial charge on any atom is -0.480 e. The molecule has 0 aromatic heterocycles. The van der Waals surface area contributed by atoms with Crippen molar-refractivity contribution in [1.82, 2.24) is 4.90 Å². The van der Waals surface area contributed by atoms with E-state index in [4.69, 9.17) is 29.6 Å². The summed E-state index contributed by atoms with van der Waals surface area (Å²) in [6.07, 6.45) is 2.55. The third-order valence-corrected chi connectivity index (χ3v) is 4.74. The molecule has 0 aliphatic carbocycles. The highest BCUT2D eigenvalue weighted by atomic mass is 35.5. The van der Waals surface area contributed by atoms with Gasteiger partial charge in [-0.25, -0.2) is 4.79 Å². The fourth-order valence-electron chi connectivity index (χ4n) is 2.10. The lowest BCUT2D eigenvalue weighted by Crippen LogP contribution is -2.46. The Kier molecular flexibility index (Phi) is 6.35. The molecule has 2 amide bonds. The summed E-state index contributed by atoms with van der Waals surface area (Å²) in [5.41, 5.74) is 5.90. The van der Waals surface area contributed by atoms with Crippen molar-refractivity contribution in [1.29, 1.82) is 0 Å². The molecule has 1 saturated heterocycles. The van der Waals surface area contributed by atoms with Crippen molar-refractivity contribution in [3.8, 4) is 0 Å². The smallest absolute Gasteiger partial charge is 0.327 e. The molecule has 0 spiro atoms. The van der Waals surface area contributed by atoms with E-state index < -0.39 is 30.2 Å². The van der Waals surface area contributed by atoms with Crippen molar-refractivity contribution in [2.45, 2.75) is 12.5 Å². The van der Waals surface area contributed by atoms with Crippen LogP contribution in [0.5, 0.6) is 0 Å². The Labute approximate surface area is 158 Å². The molecule has 0 radical (unpaired) electrons. The van der Waals surface area contributed by atoms with Gasteiger partial charge in [0.15, 0.2) is 0 Å². The summed E-state index contributed by atoms with van der Waals surface area (Å²) in [6, 6.07) is 7.80. The minimum absolute atomic E-state index is 0.0362. The fourth-order valence-corrected chi connectivity index (χ4v) is 3.75. The summed E-state index contributed by atoms with van der Waals surface area (Å²) in [6.45, 7) is 0. The van der Waals surface area contributed by atoms with Crippen LogP contribution in [-0.2, 0) is 14.4 Å². The number of thioether (sulfide) groups is 1. The maximum absolute atomic E-state index is 12.5. The molecule has 0 bridgehead atoms. The monoisotopic (exact) mass is 396 g/mol. The SMILES string of the molecule is NC(=O)CC(C(=O)O)N1C(=O)/C(=C/C(Cl)=C/c2ccccc2)SC1=S. The molecule has 1 aromatic carbocycles. The zero-order chi connectivity index (χ0) is 18.6. The predicted octanol–water partition coefficient (Wildman–Crippen LogP) is 2.34. The Morgan fingerprint density at radius 2 is 2.00 bits per heavy atom. The lowest BCUT2D eigenvalue weighted by molar-refractivity contribution is -0.146. The van der Waals surface area contributed by atoms with Gasteiger partial charge in [-0.2, -0.15) is 0 Å². The van der Waals surface area contributed by atoms with Gasteiger partial charge in [-0.15, -0.1) is 0 Å². The first-order chi connectivity index (χ1) is 11.8. The molecule has 1 atom stereocenters. The predicted molar refractivity (Wildman–Crippen MR) is 101 cm³/mol. The number of benzene rings is 1. The van der Waals surface area contributed by atoms with Crippen molar-refractivity contribution in [2.24, 2.45) is 5.73 Å². The minimum atomic E-state index is -1.44. The van der Waals surface area contributed by atoms with Gasteiger partial charge in [0, 0.05) is 5.03 Å². The zero-order valence-electron chi connectivity index (χ0n) is 12.7. The van der Waals surface area contributed by atoms with Crippen molar-refractivity contribution in [2.75, 3.05) is 0 Å². The summed E-state index contributed by atoms with van der Waals surface area (Å²) < 4.78 is 0.0362. The quantitative estimate of drug-likeness (QED) is 0.565. The highest BCUT2D eigenvalue weighted by Crippen LogP contribution is 2.34. The number of carboxylic acid groups (broad SMARTS) is 1. The molecular weight excluding hydrogens is 384 g/mol. The van der Waals surface area contributed by atoms with Crippen LogP contribution in [0.15, 0.2) is 46.3 Å². The van der Waals surface area contributed by atoms with E-state index in [-0.39, 0.29) is 14.3 Å². The number of nitrogens with two attached hydrogens (primary N) is 1. The van der Waals surface area contributed by atoms with Crippen LogP contribution in [-0.4, -0.2) is 38.2 Å². The number of halogens is 1. The zero-order valence-corrected chi connectivity index (χ0v) is 15.1. The topological polar surface area (TPSA) is 101 Å². The number of carboxylic acids is 1. The van der Waals surface area contributed by atoms with Crippen LogP contribution in [0, 0.1) is 0 Å². The third-order valence-electron chi connectivity index (χ3n) is 3.19. The lowest BCUT2D eigenvalue weighted by Gasteiger charge is -2.21. The van der Waals surface area contributed by atoms with E-state index in [1.54, 1.807) is 6.08 Å². The second-order valence-electron chi connectivity index (χ2n) is 5.02. The summed E-state index contributed by atoms with van der Waals surface area (Å²) in [5.74, 6) is -2.82. The molecular formula is C16H13ClN2O4S2. The van der Waals surface area contributed by atoms with Crippen molar-refractivity contribution in [3.05, 3.63) is 51.9 Å². The van der Waals surface area contributed by atoms with Gasteiger partial charge in [-0.1, -0.05) is 65.9 Å². The van der Waals surface area contributed by atoms with Crippen LogP contribution >= 0.6 is 35.6 Å². The largest absolute Gasteiger partial charge is 0.480 e. The second-order valence-corrected chi connectivity index (χ2v) is 7.13. The molecule has 1 aliphatic rings. The number of hydrogen-bond donors (Lipinski definition) is 2. The van der Waals surface area contributed by atoms with Crippen molar-refractivity contribution < 1.29 is 19.5 Å². The molecule has 1 fully saturated rings. The highest BCUT2D eigenvalue weighted by molar-refractivity contribution is 8.26. The van der Waals surface area contributed by atoms with Gasteiger partial charge in [0.1, 0.15) is 10.4 Å². The number of thiocarbonyl (C=S) groups is 1. The summed E-state index contributed by atoms with van der Waals surface area (Å²) >= 11 is 12.1. The van der Waals surface area contributed by atoms with Crippen molar-refractivity contribution in [3.63, 3.8) is 0 Å². The summed E-state index contributed by atoms with van der Waals surface area (Å²) in [5, 5.41) is 9.54. The van der Waals surface area contributed by atoms with Crippen LogP contribution in [0.1, 0.15) is 12.0 Å². The van der Waals surface area contributed by atoms with Gasteiger partial charge < -0.3 is 10.8 Å². The first kappa shape index (κ1) is 19.2. The van der Waals surface area contributed by atoms with Gasteiger partial charge in [-0.3, -0.25) is 14.5 Å². The van der Waals surface area contributed by atoms with E-state index in [9.17, 15) is 19.5 Å². The van der Waals surface area contributed by atoms with E-state index >= 15 is 0 Å². The Hall–Kier alpha value is -2.16. The molecule has 1 unspecified atom stereocenters. The maximum atomic E-state index is 12.5. The molecule has 0 saturated carbocycles. The molecule has 3 N–H and O–H groups in total. The Morgan fingerprint density at radius 1 is 1.36 bits per heavy atom. The van der Waals surface area contributed by atoms with E-state index in [1.165, 1.54) is 6.08 Å². The molecule has 130 valence electrons. The van der Waals surface area contributed by atoms with Crippen LogP contribution in [0.3, 0.4) is 0 Å². The molecule has 1 heterocycles. The lowest BCUT2D eigenvalue weighted by atomic mass is 10.1. The van der Waals surface area contributed by atoms with Crippen LogP contribution in [0.4, 0.5) is 0 Å². The number of primary amides is 1. The molecule has 2 rings (SSSR count). The van der Waals surface area contributed by atoms with Gasteiger partial charge in [0.05, 0.1) is 11.3 Å².